The molecular weight excluding hydrogens is 176 g/mol. The van der Waals surface area contributed by atoms with Crippen LogP contribution in [0.15, 0.2) is 0 Å². The first-order valence-electron chi connectivity index (χ1n) is 4.39. The Morgan fingerprint density at radius 2 is 2.15 bits per heavy atom. The van der Waals surface area contributed by atoms with Crippen LogP contribution in [0.1, 0.15) is 19.3 Å². The van der Waals surface area contributed by atoms with Crippen LogP contribution in [0.4, 0.5) is 0 Å². The third kappa shape index (κ3) is 1.23. The van der Waals surface area contributed by atoms with Crippen LogP contribution >= 0.6 is 0 Å². The summed E-state index contributed by atoms with van der Waals surface area (Å²) in [6.07, 6.45) is -0.533. The van der Waals surface area contributed by atoms with Crippen molar-refractivity contribution < 1.29 is 24.5 Å². The number of carbonyl (C=O) groups excluding carboxylic acids is 1. The van der Waals surface area contributed by atoms with E-state index in [-0.39, 0.29) is 0 Å². The number of esters is 1. The summed E-state index contributed by atoms with van der Waals surface area (Å²) < 4.78 is 10.1. The Morgan fingerprint density at radius 3 is 2.62 bits per heavy atom. The van der Waals surface area contributed by atoms with E-state index in [2.05, 4.69) is 0 Å². The third-order valence-corrected chi connectivity index (χ3v) is 2.53. The summed E-state index contributed by atoms with van der Waals surface area (Å²) in [7, 11) is 0. The molecule has 2 heterocycles. The van der Waals surface area contributed by atoms with Crippen molar-refractivity contribution in [2.24, 2.45) is 0 Å². The Morgan fingerprint density at radius 1 is 1.38 bits per heavy atom. The van der Waals surface area contributed by atoms with Crippen LogP contribution in [0, 0.1) is 0 Å². The number of carbonyl (C=O) groups is 1. The van der Waals surface area contributed by atoms with Crippen molar-refractivity contribution in [3.8, 4) is 0 Å². The molecule has 2 aliphatic rings. The van der Waals surface area contributed by atoms with E-state index in [1.165, 1.54) is 0 Å². The fraction of sp³-hybridized carbons (Fsp3) is 0.875. The Bertz CT molecular complexity index is 221. The highest BCUT2D eigenvalue weighted by Crippen LogP contribution is 2.36. The lowest BCUT2D eigenvalue weighted by Gasteiger charge is -2.33. The summed E-state index contributed by atoms with van der Waals surface area (Å²) >= 11 is 0. The van der Waals surface area contributed by atoms with Crippen molar-refractivity contribution in [1.29, 1.82) is 0 Å². The van der Waals surface area contributed by atoms with Crippen molar-refractivity contribution in [1.82, 2.24) is 0 Å². The summed E-state index contributed by atoms with van der Waals surface area (Å²) in [6.45, 7) is 0.455. The van der Waals surface area contributed by atoms with Gasteiger partial charge in [-0.1, -0.05) is 0 Å². The number of hydrogen-bond donors (Lipinski definition) is 2. The van der Waals surface area contributed by atoms with Crippen LogP contribution in [0.5, 0.6) is 0 Å². The summed E-state index contributed by atoms with van der Waals surface area (Å²) in [5.41, 5.74) is 0. The summed E-state index contributed by atoms with van der Waals surface area (Å²) in [5, 5.41) is 18.7. The Hall–Kier alpha value is -0.650. The molecule has 0 saturated carbocycles. The van der Waals surface area contributed by atoms with Gasteiger partial charge in [-0.2, -0.15) is 0 Å². The molecule has 5 nitrogen and oxygen atoms in total. The molecule has 1 spiro atoms. The molecule has 13 heavy (non-hydrogen) atoms. The smallest absolute Gasteiger partial charge is 0.340 e. The van der Waals surface area contributed by atoms with Gasteiger partial charge in [-0.05, 0) is 12.8 Å². The molecular formula is C8H12O5. The predicted molar refractivity (Wildman–Crippen MR) is 40.6 cm³/mol. The Labute approximate surface area is 75.3 Å². The van der Waals surface area contributed by atoms with Crippen LogP contribution in [-0.2, 0) is 14.3 Å². The molecule has 0 unspecified atom stereocenters. The number of aliphatic hydroxyl groups excluding tert-OH is 2. The van der Waals surface area contributed by atoms with Gasteiger partial charge in [-0.15, -0.1) is 0 Å². The minimum Gasteiger partial charge on any atom is -0.428 e. The lowest BCUT2D eigenvalue weighted by Crippen LogP contribution is -2.47. The van der Waals surface area contributed by atoms with E-state index in [0.29, 0.717) is 13.0 Å². The molecule has 0 aromatic rings. The van der Waals surface area contributed by atoms with E-state index in [9.17, 15) is 15.0 Å². The molecule has 5 heteroatoms. The van der Waals surface area contributed by atoms with E-state index >= 15 is 0 Å². The van der Waals surface area contributed by atoms with Crippen LogP contribution < -0.4 is 0 Å². The monoisotopic (exact) mass is 188 g/mol. The molecule has 2 fully saturated rings. The topological polar surface area (TPSA) is 76.0 Å². The molecule has 74 valence electrons. The van der Waals surface area contributed by atoms with Gasteiger partial charge < -0.3 is 19.7 Å². The average Bonchev–Trinajstić information content (AvgIpc) is 2.33. The van der Waals surface area contributed by atoms with E-state index < -0.39 is 24.0 Å². The second kappa shape index (κ2) is 2.94. The molecule has 2 N–H and O–H groups in total. The molecule has 2 rings (SSSR count). The van der Waals surface area contributed by atoms with E-state index in [4.69, 9.17) is 9.47 Å². The molecule has 2 aliphatic heterocycles. The van der Waals surface area contributed by atoms with Gasteiger partial charge in [0, 0.05) is 6.42 Å². The summed E-state index contributed by atoms with van der Waals surface area (Å²) in [5.74, 6) is -2.07. The normalized spacial score (nSPS) is 45.2. The van der Waals surface area contributed by atoms with Crippen LogP contribution in [0.2, 0.25) is 0 Å². The van der Waals surface area contributed by atoms with Crippen molar-refractivity contribution in [2.75, 3.05) is 6.61 Å². The first kappa shape index (κ1) is 8.93. The number of rotatable bonds is 0. The molecule has 3 atom stereocenters. The van der Waals surface area contributed by atoms with E-state index in [1.807, 2.05) is 0 Å². The minimum atomic E-state index is -1.46. The maximum Gasteiger partial charge on any atom is 0.340 e. The van der Waals surface area contributed by atoms with Gasteiger partial charge in [0.05, 0.1) is 6.61 Å². The number of hydrogen-bond acceptors (Lipinski definition) is 5. The van der Waals surface area contributed by atoms with Crippen LogP contribution in [-0.4, -0.2) is 40.8 Å². The van der Waals surface area contributed by atoms with Crippen LogP contribution in [0.25, 0.3) is 0 Å². The SMILES string of the molecule is O=C1O[C@@]2(CCCCO2)[C@H](O)[C@H]1O. The van der Waals surface area contributed by atoms with Gasteiger partial charge in [0.15, 0.2) is 12.2 Å². The molecule has 0 amide bonds. The highest BCUT2D eigenvalue weighted by molar-refractivity contribution is 5.78. The molecule has 0 aliphatic carbocycles. The fourth-order valence-electron chi connectivity index (χ4n) is 1.76. The van der Waals surface area contributed by atoms with Gasteiger partial charge in [0.25, 0.3) is 0 Å². The minimum absolute atomic E-state index is 0.455. The summed E-state index contributed by atoms with van der Waals surface area (Å²) in [4.78, 5) is 10.9. The fourth-order valence-corrected chi connectivity index (χ4v) is 1.76. The van der Waals surface area contributed by atoms with E-state index in [1.54, 1.807) is 0 Å². The number of aliphatic hydroxyl groups is 2. The quantitative estimate of drug-likeness (QED) is 0.485. The average molecular weight is 188 g/mol. The van der Waals surface area contributed by atoms with E-state index in [0.717, 1.165) is 12.8 Å². The van der Waals surface area contributed by atoms with Gasteiger partial charge in [-0.25, -0.2) is 4.79 Å². The standard InChI is InChI=1S/C8H12O5/c9-5-6(10)8(13-7(5)11)3-1-2-4-12-8/h5-6,9-10H,1-4H2/t5-,6-,8+/m1/s1. The van der Waals surface area contributed by atoms with Gasteiger partial charge in [0.2, 0.25) is 5.79 Å². The maximum atomic E-state index is 10.9. The lowest BCUT2D eigenvalue weighted by molar-refractivity contribution is -0.260. The third-order valence-electron chi connectivity index (χ3n) is 2.53. The predicted octanol–water partition coefficient (Wildman–Crippen LogP) is -0.838. The van der Waals surface area contributed by atoms with Crippen molar-refractivity contribution in [3.05, 3.63) is 0 Å². The molecule has 0 bridgehead atoms. The first-order valence-corrected chi connectivity index (χ1v) is 4.39. The Balaban J connectivity index is 2.18. The van der Waals surface area contributed by atoms with Crippen molar-refractivity contribution in [3.63, 3.8) is 0 Å². The highest BCUT2D eigenvalue weighted by Gasteiger charge is 2.56. The first-order chi connectivity index (χ1) is 6.16. The van der Waals surface area contributed by atoms with Gasteiger partial charge in [-0.3, -0.25) is 0 Å². The molecule has 2 saturated heterocycles. The van der Waals surface area contributed by atoms with Gasteiger partial charge >= 0.3 is 5.97 Å². The number of ether oxygens (including phenoxy) is 2. The van der Waals surface area contributed by atoms with Crippen LogP contribution in [0.3, 0.4) is 0 Å². The zero-order chi connectivity index (χ0) is 9.47. The molecule has 0 radical (unpaired) electrons. The molecule has 0 aromatic carbocycles. The highest BCUT2D eigenvalue weighted by atomic mass is 16.7. The lowest BCUT2D eigenvalue weighted by atomic mass is 9.99. The summed E-state index contributed by atoms with van der Waals surface area (Å²) in [6, 6.07) is 0. The zero-order valence-corrected chi connectivity index (χ0v) is 7.10. The van der Waals surface area contributed by atoms with Crippen molar-refractivity contribution in [2.45, 2.75) is 37.3 Å². The van der Waals surface area contributed by atoms with Crippen molar-refractivity contribution >= 4 is 5.97 Å². The maximum absolute atomic E-state index is 10.9. The van der Waals surface area contributed by atoms with Gasteiger partial charge in [0.1, 0.15) is 0 Å². The largest absolute Gasteiger partial charge is 0.428 e. The zero-order valence-electron chi connectivity index (χ0n) is 7.10. The second-order valence-corrected chi connectivity index (χ2v) is 3.43. The second-order valence-electron chi connectivity index (χ2n) is 3.43. The molecule has 0 aromatic heterocycles. The Kier molecular flexibility index (Phi) is 2.02.